The van der Waals surface area contributed by atoms with Crippen LogP contribution in [0.15, 0.2) is 77.5 Å². The highest BCUT2D eigenvalue weighted by Gasteiger charge is 2.14. The Labute approximate surface area is 184 Å². The van der Waals surface area contributed by atoms with Gasteiger partial charge in [-0.3, -0.25) is 9.48 Å². The molecule has 0 spiro atoms. The van der Waals surface area contributed by atoms with Gasteiger partial charge in [0.15, 0.2) is 17.3 Å². The third-order valence-electron chi connectivity index (χ3n) is 4.51. The monoisotopic (exact) mass is 437 g/mol. The molecule has 7 nitrogen and oxygen atoms in total. The number of nitrogens with one attached hydrogen (secondary N) is 1. The van der Waals surface area contributed by atoms with Crippen molar-refractivity contribution in [1.82, 2.24) is 9.78 Å². The first-order valence-electron chi connectivity index (χ1n) is 9.54. The van der Waals surface area contributed by atoms with Crippen LogP contribution in [0, 0.1) is 0 Å². The Morgan fingerprint density at radius 3 is 2.68 bits per heavy atom. The minimum absolute atomic E-state index is 0.170. The molecule has 2 heterocycles. The van der Waals surface area contributed by atoms with Crippen molar-refractivity contribution in [3.8, 4) is 11.5 Å². The molecule has 0 aliphatic carbocycles. The van der Waals surface area contributed by atoms with Gasteiger partial charge in [0.2, 0.25) is 0 Å². The van der Waals surface area contributed by atoms with Crippen LogP contribution in [0.4, 0.5) is 5.69 Å². The number of benzene rings is 2. The molecule has 0 bridgehead atoms. The van der Waals surface area contributed by atoms with E-state index in [2.05, 4.69) is 10.4 Å². The molecule has 31 heavy (non-hydrogen) atoms. The highest BCUT2D eigenvalue weighted by atomic mass is 35.5. The molecular weight excluding hydrogens is 418 g/mol. The number of carbonyl (C=O) groups is 1. The summed E-state index contributed by atoms with van der Waals surface area (Å²) in [6.45, 7) is 0.671. The summed E-state index contributed by atoms with van der Waals surface area (Å²) in [6.07, 6.45) is 3.30. The van der Waals surface area contributed by atoms with Gasteiger partial charge in [0.05, 0.1) is 25.5 Å². The molecular formula is C23H20ClN3O4. The fraction of sp³-hybridized carbons (Fsp3) is 0.130. The number of halogens is 1. The lowest BCUT2D eigenvalue weighted by molar-refractivity contribution is 0.0992. The second-order valence-electron chi connectivity index (χ2n) is 6.68. The number of para-hydroxylation sites is 2. The zero-order valence-electron chi connectivity index (χ0n) is 16.7. The zero-order chi connectivity index (χ0) is 21.6. The molecule has 4 rings (SSSR count). The number of nitrogens with zero attached hydrogens (tertiary/aromatic N) is 2. The van der Waals surface area contributed by atoms with Crippen LogP contribution >= 0.6 is 11.6 Å². The average Bonchev–Trinajstić information content (AvgIpc) is 3.44. The van der Waals surface area contributed by atoms with E-state index in [0.717, 1.165) is 5.56 Å². The average molecular weight is 438 g/mol. The Hall–Kier alpha value is -3.71. The first kappa shape index (κ1) is 20.6. The lowest BCUT2D eigenvalue weighted by atomic mass is 10.2. The fourth-order valence-electron chi connectivity index (χ4n) is 2.97. The topological polar surface area (TPSA) is 78.5 Å². The van der Waals surface area contributed by atoms with Crippen molar-refractivity contribution in [2.24, 2.45) is 0 Å². The summed E-state index contributed by atoms with van der Waals surface area (Å²) >= 11 is 6.19. The molecule has 8 heteroatoms. The number of carbonyl (C=O) groups excluding carboxylic acids is 1. The zero-order valence-corrected chi connectivity index (χ0v) is 17.5. The standard InChI is InChI=1S/C23H20ClN3O4/c1-29-20-8-4-5-9-21(20)30-15-18-10-11-22(31-18)23(28)26-17-12-25-27(14-17)13-16-6-2-3-7-19(16)24/h2-12,14H,13,15H2,1H3,(H,26,28). The lowest BCUT2D eigenvalue weighted by Crippen LogP contribution is -2.10. The highest BCUT2D eigenvalue weighted by molar-refractivity contribution is 6.31. The van der Waals surface area contributed by atoms with Crippen molar-refractivity contribution in [3.05, 3.63) is 95.2 Å². The SMILES string of the molecule is COc1ccccc1OCc1ccc(C(=O)Nc2cnn(Cc3ccccc3Cl)c2)o1. The van der Waals surface area contributed by atoms with Gasteiger partial charge in [0.1, 0.15) is 12.4 Å². The number of hydrogen-bond donors (Lipinski definition) is 1. The van der Waals surface area contributed by atoms with Gasteiger partial charge >= 0.3 is 0 Å². The first-order valence-corrected chi connectivity index (χ1v) is 9.92. The fourth-order valence-corrected chi connectivity index (χ4v) is 3.17. The number of aromatic nitrogens is 2. The quantitative estimate of drug-likeness (QED) is 0.419. The molecule has 1 N–H and O–H groups in total. The molecule has 0 aliphatic heterocycles. The maximum absolute atomic E-state index is 12.5. The lowest BCUT2D eigenvalue weighted by Gasteiger charge is -2.08. The Balaban J connectivity index is 1.35. The summed E-state index contributed by atoms with van der Waals surface area (Å²) in [7, 11) is 1.58. The van der Waals surface area contributed by atoms with Gasteiger partial charge in [0, 0.05) is 11.2 Å². The van der Waals surface area contributed by atoms with E-state index in [1.807, 2.05) is 42.5 Å². The third-order valence-corrected chi connectivity index (χ3v) is 4.87. The Kier molecular flexibility index (Phi) is 6.24. The molecule has 0 atom stereocenters. The Morgan fingerprint density at radius 2 is 1.87 bits per heavy atom. The van der Waals surface area contributed by atoms with Gasteiger partial charge < -0.3 is 19.2 Å². The third kappa shape index (κ3) is 5.07. The van der Waals surface area contributed by atoms with Crippen LogP contribution in [-0.4, -0.2) is 22.8 Å². The number of methoxy groups -OCH3 is 1. The second-order valence-corrected chi connectivity index (χ2v) is 7.08. The maximum Gasteiger partial charge on any atom is 0.291 e. The number of amides is 1. The number of furan rings is 1. The van der Waals surface area contributed by atoms with E-state index in [1.54, 1.807) is 42.4 Å². The van der Waals surface area contributed by atoms with Gasteiger partial charge in [-0.05, 0) is 35.9 Å². The van der Waals surface area contributed by atoms with Gasteiger partial charge in [-0.15, -0.1) is 0 Å². The van der Waals surface area contributed by atoms with Crippen LogP contribution < -0.4 is 14.8 Å². The molecule has 0 aliphatic rings. The van der Waals surface area contributed by atoms with Crippen molar-refractivity contribution in [2.45, 2.75) is 13.2 Å². The number of ether oxygens (including phenoxy) is 2. The van der Waals surface area contributed by atoms with Gasteiger partial charge in [-0.25, -0.2) is 0 Å². The molecule has 0 unspecified atom stereocenters. The summed E-state index contributed by atoms with van der Waals surface area (Å²) in [6, 6.07) is 18.2. The van der Waals surface area contributed by atoms with E-state index in [1.165, 1.54) is 0 Å². The Morgan fingerprint density at radius 1 is 1.10 bits per heavy atom. The van der Waals surface area contributed by atoms with E-state index in [0.29, 0.717) is 34.5 Å². The summed E-state index contributed by atoms with van der Waals surface area (Å²) < 4.78 is 18.3. The van der Waals surface area contributed by atoms with E-state index in [-0.39, 0.29) is 18.3 Å². The Bertz CT molecular complexity index is 1180. The molecule has 2 aromatic heterocycles. The summed E-state index contributed by atoms with van der Waals surface area (Å²) in [4.78, 5) is 12.5. The molecule has 158 valence electrons. The van der Waals surface area contributed by atoms with Crippen molar-refractivity contribution in [1.29, 1.82) is 0 Å². The van der Waals surface area contributed by atoms with E-state index in [9.17, 15) is 4.79 Å². The largest absolute Gasteiger partial charge is 0.493 e. The maximum atomic E-state index is 12.5. The minimum Gasteiger partial charge on any atom is -0.493 e. The molecule has 0 saturated carbocycles. The van der Waals surface area contributed by atoms with E-state index < -0.39 is 0 Å². The first-order chi connectivity index (χ1) is 15.1. The predicted octanol–water partition coefficient (Wildman–Crippen LogP) is 5.02. The van der Waals surface area contributed by atoms with Crippen molar-refractivity contribution >= 4 is 23.2 Å². The number of anilines is 1. The molecule has 4 aromatic rings. The van der Waals surface area contributed by atoms with Crippen molar-refractivity contribution in [2.75, 3.05) is 12.4 Å². The van der Waals surface area contributed by atoms with E-state index in [4.69, 9.17) is 25.5 Å². The van der Waals surface area contributed by atoms with Gasteiger partial charge in [-0.2, -0.15) is 5.10 Å². The molecule has 0 saturated heterocycles. The normalized spacial score (nSPS) is 10.6. The van der Waals surface area contributed by atoms with Crippen LogP contribution in [0.2, 0.25) is 5.02 Å². The van der Waals surface area contributed by atoms with Gasteiger partial charge in [0.25, 0.3) is 5.91 Å². The summed E-state index contributed by atoms with van der Waals surface area (Å²) in [5, 5.41) is 7.71. The van der Waals surface area contributed by atoms with Crippen LogP contribution in [0.25, 0.3) is 0 Å². The van der Waals surface area contributed by atoms with E-state index >= 15 is 0 Å². The minimum atomic E-state index is -0.374. The molecule has 0 radical (unpaired) electrons. The van der Waals surface area contributed by atoms with Crippen molar-refractivity contribution in [3.63, 3.8) is 0 Å². The van der Waals surface area contributed by atoms with Crippen LogP contribution in [-0.2, 0) is 13.2 Å². The van der Waals surface area contributed by atoms with Crippen LogP contribution in [0.3, 0.4) is 0 Å². The smallest absolute Gasteiger partial charge is 0.291 e. The molecule has 2 aromatic carbocycles. The number of rotatable bonds is 8. The second kappa shape index (κ2) is 9.40. The van der Waals surface area contributed by atoms with Crippen molar-refractivity contribution < 1.29 is 18.7 Å². The van der Waals surface area contributed by atoms with Gasteiger partial charge in [-0.1, -0.05) is 41.9 Å². The molecule has 1 amide bonds. The van der Waals surface area contributed by atoms with Crippen LogP contribution in [0.1, 0.15) is 21.9 Å². The predicted molar refractivity (Wildman–Crippen MR) is 117 cm³/mol. The summed E-state index contributed by atoms with van der Waals surface area (Å²) in [5.41, 5.74) is 1.50. The highest BCUT2D eigenvalue weighted by Crippen LogP contribution is 2.27. The molecule has 0 fully saturated rings. The number of hydrogen-bond acceptors (Lipinski definition) is 5. The van der Waals surface area contributed by atoms with Crippen LogP contribution in [0.5, 0.6) is 11.5 Å². The summed E-state index contributed by atoms with van der Waals surface area (Å²) in [5.74, 6) is 1.54.